The van der Waals surface area contributed by atoms with Gasteiger partial charge in [0.25, 0.3) is 11.5 Å². The van der Waals surface area contributed by atoms with Crippen LogP contribution in [0.4, 0.5) is 5.69 Å². The molecule has 3 aromatic heterocycles. The van der Waals surface area contributed by atoms with Crippen molar-refractivity contribution in [1.82, 2.24) is 24.7 Å². The molecule has 0 bridgehead atoms. The van der Waals surface area contributed by atoms with E-state index in [-0.39, 0.29) is 11.5 Å². The fourth-order valence-electron chi connectivity index (χ4n) is 4.33. The molecule has 1 amide bonds. The number of hydrogen-bond acceptors (Lipinski definition) is 9. The zero-order valence-electron chi connectivity index (χ0n) is 21.0. The highest BCUT2D eigenvalue weighted by Crippen LogP contribution is 2.39. The first-order valence-electron chi connectivity index (χ1n) is 11.4. The monoisotopic (exact) mass is 499 g/mol. The summed E-state index contributed by atoms with van der Waals surface area (Å²) in [5.41, 5.74) is 2.92. The summed E-state index contributed by atoms with van der Waals surface area (Å²) in [6.45, 7) is 7.39. The first-order valence-corrected chi connectivity index (χ1v) is 11.4. The van der Waals surface area contributed by atoms with Crippen molar-refractivity contribution in [3.8, 4) is 11.8 Å². The number of benzene rings is 1. The van der Waals surface area contributed by atoms with Crippen LogP contribution in [0.2, 0.25) is 0 Å². The molecular weight excluding hydrogens is 474 g/mol. The number of aryl methyl sites for hydroxylation is 3. The van der Waals surface area contributed by atoms with E-state index in [1.165, 1.54) is 24.1 Å². The van der Waals surface area contributed by atoms with E-state index >= 15 is 0 Å². The molecular formula is C26H25N7O4. The molecule has 0 unspecified atom stereocenters. The summed E-state index contributed by atoms with van der Waals surface area (Å²) in [5, 5.41) is 26.4. The minimum Gasteiger partial charge on any atom is -0.501 e. The molecule has 0 radical (unpaired) electrons. The van der Waals surface area contributed by atoms with E-state index in [9.17, 15) is 20.0 Å². The Bertz CT molecular complexity index is 1590. The third-order valence-electron chi connectivity index (χ3n) is 6.34. The Morgan fingerprint density at radius 1 is 1.14 bits per heavy atom. The van der Waals surface area contributed by atoms with Crippen LogP contribution in [0.25, 0.3) is 0 Å². The summed E-state index contributed by atoms with van der Waals surface area (Å²) in [6, 6.07) is 9.36. The summed E-state index contributed by atoms with van der Waals surface area (Å²) in [5.74, 6) is -2.48. The number of rotatable bonds is 6. The fourth-order valence-corrected chi connectivity index (χ4v) is 4.33. The van der Waals surface area contributed by atoms with Gasteiger partial charge in [-0.15, -0.1) is 0 Å². The van der Waals surface area contributed by atoms with Gasteiger partial charge in [-0.3, -0.25) is 24.1 Å². The lowest BCUT2D eigenvalue weighted by atomic mass is 9.80. The molecule has 11 nitrogen and oxygen atoms in total. The van der Waals surface area contributed by atoms with Crippen molar-refractivity contribution >= 4 is 11.6 Å². The van der Waals surface area contributed by atoms with Crippen LogP contribution in [-0.4, -0.2) is 35.7 Å². The molecule has 0 saturated heterocycles. The Kier molecular flexibility index (Phi) is 6.84. The molecule has 0 aliphatic carbocycles. The molecule has 0 spiro atoms. The van der Waals surface area contributed by atoms with E-state index < -0.39 is 34.7 Å². The van der Waals surface area contributed by atoms with Gasteiger partial charge in [-0.25, -0.2) is 4.98 Å². The molecule has 0 saturated carbocycles. The highest BCUT2D eigenvalue weighted by atomic mass is 16.5. The molecule has 37 heavy (non-hydrogen) atoms. The van der Waals surface area contributed by atoms with Gasteiger partial charge in [0.05, 0.1) is 40.6 Å². The number of carbonyl (C=O) groups excluding carboxylic acids is 1. The average molecular weight is 500 g/mol. The average Bonchev–Trinajstić information content (AvgIpc) is 3.39. The van der Waals surface area contributed by atoms with Crippen LogP contribution >= 0.6 is 0 Å². The molecule has 0 aliphatic rings. The van der Waals surface area contributed by atoms with E-state index in [2.05, 4.69) is 26.5 Å². The van der Waals surface area contributed by atoms with Gasteiger partial charge in [-0.2, -0.15) is 5.26 Å². The quantitative estimate of drug-likeness (QED) is 0.406. The minimum absolute atomic E-state index is 0.218. The SMILES string of the molecule is Cc1nc(C)c([C@H](c2ccccc2C#N)[C@@H](C)c2nc(C(=O)Nc3cnoc3)c(O)c(=O)n2C)nc1C. The molecule has 0 fully saturated rings. The maximum absolute atomic E-state index is 13.0. The standard InChI is InChI=1S/C26H25N7O4/c1-13(24-32-22(23(34)26(36)33(24)5)25(35)31-18-11-28-37-12-18)20(19-9-7-6-8-17(19)10-27)21-16(4)29-14(2)15(3)30-21/h6-9,11-13,20,34H,1-5H3,(H,31,35)/t13-,20+/m1/s1. The van der Waals surface area contributed by atoms with Crippen molar-refractivity contribution in [2.75, 3.05) is 5.32 Å². The van der Waals surface area contributed by atoms with Crippen LogP contribution in [0.15, 0.2) is 46.0 Å². The van der Waals surface area contributed by atoms with Crippen molar-refractivity contribution in [3.63, 3.8) is 0 Å². The van der Waals surface area contributed by atoms with Crippen molar-refractivity contribution in [2.45, 2.75) is 39.5 Å². The Morgan fingerprint density at radius 2 is 1.84 bits per heavy atom. The Labute approximate surface area is 212 Å². The number of aromatic nitrogens is 5. The number of nitriles is 1. The smallest absolute Gasteiger partial charge is 0.296 e. The maximum atomic E-state index is 13.0. The molecule has 11 heteroatoms. The summed E-state index contributed by atoms with van der Waals surface area (Å²) < 4.78 is 5.91. The van der Waals surface area contributed by atoms with Gasteiger partial charge in [0.1, 0.15) is 17.8 Å². The van der Waals surface area contributed by atoms with Gasteiger partial charge in [-0.1, -0.05) is 30.3 Å². The van der Waals surface area contributed by atoms with Crippen LogP contribution in [0, 0.1) is 32.1 Å². The summed E-state index contributed by atoms with van der Waals surface area (Å²) in [4.78, 5) is 39.8. The molecule has 3 heterocycles. The van der Waals surface area contributed by atoms with Crippen LogP contribution in [0.1, 0.15) is 69.0 Å². The second kappa shape index (κ2) is 10.0. The Hall–Kier alpha value is -4.85. The first kappa shape index (κ1) is 25.2. The van der Waals surface area contributed by atoms with Crippen LogP contribution in [0.3, 0.4) is 0 Å². The summed E-state index contributed by atoms with van der Waals surface area (Å²) >= 11 is 0. The van der Waals surface area contributed by atoms with Gasteiger partial charge < -0.3 is 14.9 Å². The fraction of sp³-hybridized carbons (Fsp3) is 0.269. The highest BCUT2D eigenvalue weighted by Gasteiger charge is 2.33. The lowest BCUT2D eigenvalue weighted by molar-refractivity contribution is 0.101. The topological polar surface area (TPSA) is 160 Å². The van der Waals surface area contributed by atoms with E-state index in [0.29, 0.717) is 22.5 Å². The Morgan fingerprint density at radius 3 is 2.51 bits per heavy atom. The number of aromatic hydroxyl groups is 1. The predicted octanol–water partition coefficient (Wildman–Crippen LogP) is 3.25. The molecule has 2 N–H and O–H groups in total. The first-order chi connectivity index (χ1) is 17.6. The second-order valence-electron chi connectivity index (χ2n) is 8.73. The number of hydrogen-bond donors (Lipinski definition) is 2. The van der Waals surface area contributed by atoms with Crippen LogP contribution < -0.4 is 10.9 Å². The van der Waals surface area contributed by atoms with Gasteiger partial charge in [0.15, 0.2) is 5.69 Å². The lowest BCUT2D eigenvalue weighted by Crippen LogP contribution is -2.30. The molecule has 2 atom stereocenters. The van der Waals surface area contributed by atoms with Gasteiger partial charge in [0, 0.05) is 18.9 Å². The number of carbonyl (C=O) groups is 1. The van der Waals surface area contributed by atoms with Gasteiger partial charge >= 0.3 is 0 Å². The molecule has 1 aromatic carbocycles. The van der Waals surface area contributed by atoms with Crippen LogP contribution in [-0.2, 0) is 7.05 Å². The molecule has 0 aliphatic heterocycles. The largest absolute Gasteiger partial charge is 0.501 e. The van der Waals surface area contributed by atoms with Crippen molar-refractivity contribution in [3.05, 3.63) is 92.5 Å². The molecule has 188 valence electrons. The zero-order valence-corrected chi connectivity index (χ0v) is 21.0. The van der Waals surface area contributed by atoms with Crippen molar-refractivity contribution < 1.29 is 14.4 Å². The third kappa shape index (κ3) is 4.69. The summed E-state index contributed by atoms with van der Waals surface area (Å²) in [7, 11) is 1.47. The normalized spacial score (nSPS) is 12.5. The number of anilines is 1. The summed E-state index contributed by atoms with van der Waals surface area (Å²) in [6.07, 6.45) is 2.48. The Balaban J connectivity index is 1.92. The van der Waals surface area contributed by atoms with Crippen LogP contribution in [0.5, 0.6) is 5.75 Å². The third-order valence-corrected chi connectivity index (χ3v) is 6.34. The van der Waals surface area contributed by atoms with Gasteiger partial charge in [-0.05, 0) is 32.4 Å². The molecule has 4 rings (SSSR count). The predicted molar refractivity (Wildman–Crippen MR) is 133 cm³/mol. The van der Waals surface area contributed by atoms with Crippen molar-refractivity contribution in [2.24, 2.45) is 7.05 Å². The van der Waals surface area contributed by atoms with E-state index in [4.69, 9.17) is 9.51 Å². The zero-order chi connectivity index (χ0) is 26.9. The number of nitrogens with one attached hydrogen (secondary N) is 1. The van der Waals surface area contributed by atoms with E-state index in [0.717, 1.165) is 11.4 Å². The molecule has 4 aromatic rings. The van der Waals surface area contributed by atoms with E-state index in [1.54, 1.807) is 12.1 Å². The maximum Gasteiger partial charge on any atom is 0.296 e. The minimum atomic E-state index is -0.803. The van der Waals surface area contributed by atoms with E-state index in [1.807, 2.05) is 39.8 Å². The number of nitrogens with zero attached hydrogens (tertiary/aromatic N) is 6. The second-order valence-corrected chi connectivity index (χ2v) is 8.73. The lowest BCUT2D eigenvalue weighted by Gasteiger charge is -2.27. The highest BCUT2D eigenvalue weighted by molar-refractivity contribution is 6.04. The van der Waals surface area contributed by atoms with Gasteiger partial charge in [0.2, 0.25) is 5.75 Å². The van der Waals surface area contributed by atoms with Crippen molar-refractivity contribution in [1.29, 1.82) is 5.26 Å². The number of amides is 1.